The summed E-state index contributed by atoms with van der Waals surface area (Å²) in [4.78, 5) is 2.67. The lowest BCUT2D eigenvalue weighted by molar-refractivity contribution is 0.232. The van der Waals surface area contributed by atoms with Crippen molar-refractivity contribution in [3.05, 3.63) is 22.4 Å². The van der Waals surface area contributed by atoms with Gasteiger partial charge in [-0.15, -0.1) is 0 Å². The van der Waals surface area contributed by atoms with Gasteiger partial charge in [0, 0.05) is 25.7 Å². The van der Waals surface area contributed by atoms with Crippen LogP contribution in [0.1, 0.15) is 31.2 Å². The van der Waals surface area contributed by atoms with Crippen molar-refractivity contribution in [2.45, 2.75) is 38.3 Å². The number of hydrogen-bond acceptors (Lipinski definition) is 3. The van der Waals surface area contributed by atoms with Crippen molar-refractivity contribution < 1.29 is 0 Å². The first-order valence-electron chi connectivity index (χ1n) is 6.87. The second-order valence-corrected chi connectivity index (χ2v) is 6.34. The minimum absolute atomic E-state index is 0.743. The normalized spacial score (nSPS) is 24.6. The fourth-order valence-corrected chi connectivity index (χ4v) is 3.39. The molecule has 1 aromatic heterocycles. The first-order chi connectivity index (χ1) is 8.40. The maximum atomic E-state index is 3.62. The van der Waals surface area contributed by atoms with E-state index in [4.69, 9.17) is 0 Å². The molecule has 0 bridgehead atoms. The molecule has 1 aliphatic carbocycles. The van der Waals surface area contributed by atoms with Gasteiger partial charge in [-0.3, -0.25) is 4.90 Å². The maximum absolute atomic E-state index is 3.62. The van der Waals surface area contributed by atoms with E-state index >= 15 is 0 Å². The van der Waals surface area contributed by atoms with Gasteiger partial charge in [-0.25, -0.2) is 0 Å². The number of nitrogens with one attached hydrogen (secondary N) is 1. The highest BCUT2D eigenvalue weighted by molar-refractivity contribution is 7.07. The second kappa shape index (κ2) is 5.51. The Morgan fingerprint density at radius 3 is 2.88 bits per heavy atom. The molecule has 2 fully saturated rings. The summed E-state index contributed by atoms with van der Waals surface area (Å²) in [6.07, 6.45) is 5.64. The lowest BCUT2D eigenvalue weighted by atomic mass is 10.2. The molecule has 2 heterocycles. The van der Waals surface area contributed by atoms with E-state index in [1.807, 2.05) is 11.3 Å². The van der Waals surface area contributed by atoms with Crippen LogP contribution < -0.4 is 5.32 Å². The molecule has 1 saturated carbocycles. The van der Waals surface area contributed by atoms with Gasteiger partial charge >= 0.3 is 0 Å². The van der Waals surface area contributed by atoms with Gasteiger partial charge in [-0.05, 0) is 60.5 Å². The van der Waals surface area contributed by atoms with Gasteiger partial charge in [0.05, 0.1) is 0 Å². The molecule has 3 rings (SSSR count). The predicted molar refractivity (Wildman–Crippen MR) is 73.3 cm³/mol. The predicted octanol–water partition coefficient (Wildman–Crippen LogP) is 2.71. The van der Waals surface area contributed by atoms with Gasteiger partial charge in [0.1, 0.15) is 0 Å². The number of rotatable bonds is 6. The summed E-state index contributed by atoms with van der Waals surface area (Å²) < 4.78 is 0. The molecular formula is C14H22N2S. The van der Waals surface area contributed by atoms with Crippen LogP contribution in [0.15, 0.2) is 16.8 Å². The average Bonchev–Trinajstić information content (AvgIpc) is 2.82. The van der Waals surface area contributed by atoms with Crippen molar-refractivity contribution in [3.8, 4) is 0 Å². The first-order valence-corrected chi connectivity index (χ1v) is 7.81. The van der Waals surface area contributed by atoms with E-state index in [2.05, 4.69) is 27.0 Å². The molecule has 0 amide bonds. The molecule has 94 valence electrons. The Labute approximate surface area is 108 Å². The van der Waals surface area contributed by atoms with Gasteiger partial charge in [0.15, 0.2) is 0 Å². The third kappa shape index (κ3) is 3.54. The minimum Gasteiger partial charge on any atom is -0.313 e. The van der Waals surface area contributed by atoms with E-state index in [1.54, 1.807) is 0 Å². The Balaban J connectivity index is 1.55. The molecule has 2 nitrogen and oxygen atoms in total. The van der Waals surface area contributed by atoms with E-state index in [9.17, 15) is 0 Å². The highest BCUT2D eigenvalue weighted by Gasteiger charge is 2.26. The highest BCUT2D eigenvalue weighted by atomic mass is 32.1. The van der Waals surface area contributed by atoms with Gasteiger partial charge in [-0.1, -0.05) is 0 Å². The summed E-state index contributed by atoms with van der Waals surface area (Å²) in [5, 5.41) is 8.11. The topological polar surface area (TPSA) is 15.3 Å². The molecule has 1 saturated heterocycles. The molecule has 0 radical (unpaired) electrons. The standard InChI is InChI=1S/C14H22N2S/c1-2-14(15-6-1)10-16(8-12-3-4-12)9-13-5-7-17-11-13/h5,7,11-12,14-15H,1-4,6,8-10H2. The van der Waals surface area contributed by atoms with Crippen molar-refractivity contribution in [1.29, 1.82) is 0 Å². The van der Waals surface area contributed by atoms with Crippen molar-refractivity contribution in [3.63, 3.8) is 0 Å². The SMILES string of the molecule is c1cc(CN(CC2CC2)CC2CCCN2)cs1. The van der Waals surface area contributed by atoms with Crippen LogP contribution in [-0.4, -0.2) is 30.6 Å². The smallest absolute Gasteiger partial charge is 0.0242 e. The summed E-state index contributed by atoms with van der Waals surface area (Å²) in [7, 11) is 0. The van der Waals surface area contributed by atoms with Crippen LogP contribution >= 0.6 is 11.3 Å². The summed E-state index contributed by atoms with van der Waals surface area (Å²) >= 11 is 1.82. The molecule has 2 aliphatic rings. The number of hydrogen-bond donors (Lipinski definition) is 1. The van der Waals surface area contributed by atoms with Crippen LogP contribution in [0, 0.1) is 5.92 Å². The zero-order chi connectivity index (χ0) is 11.5. The van der Waals surface area contributed by atoms with Crippen molar-refractivity contribution in [1.82, 2.24) is 10.2 Å². The Bertz CT molecular complexity index is 326. The van der Waals surface area contributed by atoms with Crippen molar-refractivity contribution >= 4 is 11.3 Å². The molecule has 1 aliphatic heterocycles. The fourth-order valence-electron chi connectivity index (χ4n) is 2.73. The Morgan fingerprint density at radius 1 is 1.29 bits per heavy atom. The van der Waals surface area contributed by atoms with Crippen LogP contribution in [0.3, 0.4) is 0 Å². The second-order valence-electron chi connectivity index (χ2n) is 5.56. The van der Waals surface area contributed by atoms with Crippen molar-refractivity contribution in [2.75, 3.05) is 19.6 Å². The summed E-state index contributed by atoms with van der Waals surface area (Å²) in [6, 6.07) is 3.01. The molecule has 0 aromatic carbocycles. The van der Waals surface area contributed by atoms with Crippen LogP contribution in [0.2, 0.25) is 0 Å². The quantitative estimate of drug-likeness (QED) is 0.835. The van der Waals surface area contributed by atoms with E-state index in [1.165, 1.54) is 50.9 Å². The zero-order valence-electron chi connectivity index (χ0n) is 10.4. The van der Waals surface area contributed by atoms with Gasteiger partial charge in [0.25, 0.3) is 0 Å². The summed E-state index contributed by atoms with van der Waals surface area (Å²) in [6.45, 7) is 4.93. The first kappa shape index (κ1) is 11.7. The van der Waals surface area contributed by atoms with Crippen molar-refractivity contribution in [2.24, 2.45) is 5.92 Å². The molecule has 17 heavy (non-hydrogen) atoms. The van der Waals surface area contributed by atoms with Crippen LogP contribution in [0.5, 0.6) is 0 Å². The number of nitrogens with zero attached hydrogens (tertiary/aromatic N) is 1. The molecular weight excluding hydrogens is 228 g/mol. The van der Waals surface area contributed by atoms with Gasteiger partial charge in [0.2, 0.25) is 0 Å². The third-order valence-electron chi connectivity index (χ3n) is 3.84. The Hall–Kier alpha value is -0.380. The highest BCUT2D eigenvalue weighted by Crippen LogP contribution is 2.30. The maximum Gasteiger partial charge on any atom is 0.0242 e. The fraction of sp³-hybridized carbons (Fsp3) is 0.714. The lowest BCUT2D eigenvalue weighted by Crippen LogP contribution is -2.38. The third-order valence-corrected chi connectivity index (χ3v) is 4.57. The lowest BCUT2D eigenvalue weighted by Gasteiger charge is -2.25. The molecule has 3 heteroatoms. The van der Waals surface area contributed by atoms with Gasteiger partial charge < -0.3 is 5.32 Å². The number of thiophene rings is 1. The van der Waals surface area contributed by atoms with E-state index in [0.29, 0.717) is 0 Å². The average molecular weight is 250 g/mol. The summed E-state index contributed by atoms with van der Waals surface area (Å²) in [5.41, 5.74) is 1.49. The molecule has 1 unspecified atom stereocenters. The van der Waals surface area contributed by atoms with Crippen LogP contribution in [0.25, 0.3) is 0 Å². The van der Waals surface area contributed by atoms with Gasteiger partial charge in [-0.2, -0.15) is 11.3 Å². The van der Waals surface area contributed by atoms with E-state index in [-0.39, 0.29) is 0 Å². The molecule has 0 spiro atoms. The van der Waals surface area contributed by atoms with Crippen LogP contribution in [0.4, 0.5) is 0 Å². The largest absolute Gasteiger partial charge is 0.313 e. The molecule has 1 atom stereocenters. The Kier molecular flexibility index (Phi) is 3.79. The van der Waals surface area contributed by atoms with E-state index in [0.717, 1.165) is 18.5 Å². The molecule has 1 N–H and O–H groups in total. The zero-order valence-corrected chi connectivity index (χ0v) is 11.2. The summed E-state index contributed by atoms with van der Waals surface area (Å²) in [5.74, 6) is 0.995. The van der Waals surface area contributed by atoms with Crippen LogP contribution in [-0.2, 0) is 6.54 Å². The Morgan fingerprint density at radius 2 is 2.24 bits per heavy atom. The molecule has 1 aromatic rings. The minimum atomic E-state index is 0.743. The van der Waals surface area contributed by atoms with E-state index < -0.39 is 0 Å². The monoisotopic (exact) mass is 250 g/mol.